The highest BCUT2D eigenvalue weighted by Gasteiger charge is 2.30. The summed E-state index contributed by atoms with van der Waals surface area (Å²) in [6, 6.07) is 4.30. The van der Waals surface area contributed by atoms with Crippen LogP contribution >= 0.6 is 35.7 Å². The van der Waals surface area contributed by atoms with Gasteiger partial charge in [0.25, 0.3) is 0 Å². The van der Waals surface area contributed by atoms with E-state index in [2.05, 4.69) is 42.0 Å². The number of ether oxygens (including phenoxy) is 1. The van der Waals surface area contributed by atoms with Gasteiger partial charge in [-0.1, -0.05) is 0 Å². The van der Waals surface area contributed by atoms with Crippen LogP contribution < -0.4 is 5.32 Å². The van der Waals surface area contributed by atoms with Crippen LogP contribution in [0.25, 0.3) is 0 Å². The molecule has 1 unspecified atom stereocenters. The summed E-state index contributed by atoms with van der Waals surface area (Å²) in [4.78, 5) is 9.89. The van der Waals surface area contributed by atoms with Crippen molar-refractivity contribution in [1.29, 1.82) is 0 Å². The monoisotopic (exact) mass is 522 g/mol. The van der Waals surface area contributed by atoms with Crippen LogP contribution in [-0.4, -0.2) is 78.7 Å². The summed E-state index contributed by atoms with van der Waals surface area (Å²) in [5.74, 6) is 4.12. The van der Waals surface area contributed by atoms with Crippen molar-refractivity contribution >= 4 is 41.7 Å². The first kappa shape index (κ1) is 23.8. The van der Waals surface area contributed by atoms with Crippen molar-refractivity contribution in [2.24, 2.45) is 4.99 Å². The Bertz CT molecular complexity index is 631. The maximum atomic E-state index is 5.98. The largest absolute Gasteiger partial charge is 0.465 e. The fourth-order valence-corrected chi connectivity index (χ4v) is 4.81. The molecule has 28 heavy (non-hydrogen) atoms. The molecule has 1 aromatic rings. The van der Waals surface area contributed by atoms with E-state index in [9.17, 15) is 0 Å². The Balaban J connectivity index is 0.00000280. The number of morpholine rings is 1. The molecule has 2 aliphatic heterocycles. The minimum absolute atomic E-state index is 0. The van der Waals surface area contributed by atoms with Gasteiger partial charge in [0.2, 0.25) is 0 Å². The molecular formula is C20H35IN4O2S. The van der Waals surface area contributed by atoms with Gasteiger partial charge in [0.15, 0.2) is 5.96 Å². The summed E-state index contributed by atoms with van der Waals surface area (Å²) >= 11 is 2.04. The van der Waals surface area contributed by atoms with Gasteiger partial charge >= 0.3 is 0 Å². The molecule has 2 aliphatic rings. The molecule has 6 nitrogen and oxygen atoms in total. The van der Waals surface area contributed by atoms with Gasteiger partial charge in [0, 0.05) is 43.2 Å². The fraction of sp³-hybridized carbons (Fsp3) is 0.750. The van der Waals surface area contributed by atoms with Crippen LogP contribution in [0.4, 0.5) is 0 Å². The maximum Gasteiger partial charge on any atom is 0.194 e. The molecule has 3 heterocycles. The van der Waals surface area contributed by atoms with Crippen LogP contribution in [0, 0.1) is 6.92 Å². The molecule has 3 rings (SSSR count). The molecule has 0 radical (unpaired) electrons. The lowest BCUT2D eigenvalue weighted by Crippen LogP contribution is -2.51. The number of furan rings is 1. The molecule has 2 fully saturated rings. The highest BCUT2D eigenvalue weighted by molar-refractivity contribution is 14.0. The third kappa shape index (κ3) is 6.53. The zero-order valence-corrected chi connectivity index (χ0v) is 20.7. The van der Waals surface area contributed by atoms with Gasteiger partial charge in [-0.15, -0.1) is 24.0 Å². The van der Waals surface area contributed by atoms with E-state index in [1.807, 2.05) is 24.8 Å². The second kappa shape index (κ2) is 11.1. The van der Waals surface area contributed by atoms with Gasteiger partial charge in [-0.2, -0.15) is 11.8 Å². The topological polar surface area (TPSA) is 53.2 Å². The molecule has 0 aromatic carbocycles. The highest BCUT2D eigenvalue weighted by atomic mass is 127. The van der Waals surface area contributed by atoms with Gasteiger partial charge in [-0.25, -0.2) is 0 Å². The Morgan fingerprint density at radius 2 is 2.04 bits per heavy atom. The number of hydrogen-bond acceptors (Lipinski definition) is 5. The number of thioether (sulfide) groups is 1. The van der Waals surface area contributed by atoms with Gasteiger partial charge in [-0.3, -0.25) is 9.89 Å². The van der Waals surface area contributed by atoms with Crippen LogP contribution in [0.5, 0.6) is 0 Å². The lowest BCUT2D eigenvalue weighted by atomic mass is 10.1. The summed E-state index contributed by atoms with van der Waals surface area (Å²) in [6.07, 6.45) is 0. The SMILES string of the molecule is CCNC(=NCC(c1ccc(C)o1)N1CCOCC1)N1CCSC(C)(C)C1.I. The van der Waals surface area contributed by atoms with Gasteiger partial charge in [-0.05, 0) is 39.8 Å². The van der Waals surface area contributed by atoms with Crippen molar-refractivity contribution in [3.8, 4) is 0 Å². The molecule has 0 spiro atoms. The first-order chi connectivity index (χ1) is 13.0. The third-order valence-electron chi connectivity index (χ3n) is 5.05. The van der Waals surface area contributed by atoms with Crippen LogP contribution in [0.2, 0.25) is 0 Å². The van der Waals surface area contributed by atoms with Crippen LogP contribution in [0.3, 0.4) is 0 Å². The smallest absolute Gasteiger partial charge is 0.194 e. The van der Waals surface area contributed by atoms with E-state index in [0.29, 0.717) is 6.54 Å². The van der Waals surface area contributed by atoms with Crippen molar-refractivity contribution < 1.29 is 9.15 Å². The number of halogens is 1. The zero-order valence-electron chi connectivity index (χ0n) is 17.6. The molecule has 0 amide bonds. The molecule has 8 heteroatoms. The Kier molecular flexibility index (Phi) is 9.43. The molecule has 2 saturated heterocycles. The summed E-state index contributed by atoms with van der Waals surface area (Å²) in [7, 11) is 0. The first-order valence-corrected chi connectivity index (χ1v) is 11.0. The minimum atomic E-state index is 0. The van der Waals surface area contributed by atoms with Crippen LogP contribution in [0.15, 0.2) is 21.5 Å². The molecule has 1 N–H and O–H groups in total. The van der Waals surface area contributed by atoms with Crippen molar-refractivity contribution in [3.63, 3.8) is 0 Å². The fourth-order valence-electron chi connectivity index (χ4n) is 3.70. The average molecular weight is 522 g/mol. The van der Waals surface area contributed by atoms with E-state index < -0.39 is 0 Å². The third-order valence-corrected chi connectivity index (χ3v) is 6.35. The van der Waals surface area contributed by atoms with Crippen molar-refractivity contribution in [2.75, 3.05) is 58.2 Å². The quantitative estimate of drug-likeness (QED) is 0.364. The molecule has 1 atom stereocenters. The van der Waals surface area contributed by atoms with Gasteiger partial charge in [0.05, 0.1) is 25.8 Å². The summed E-state index contributed by atoms with van der Waals surface area (Å²) < 4.78 is 11.8. The summed E-state index contributed by atoms with van der Waals surface area (Å²) in [6.45, 7) is 15.8. The second-order valence-electron chi connectivity index (χ2n) is 7.84. The normalized spacial score (nSPS) is 21.9. The predicted molar refractivity (Wildman–Crippen MR) is 128 cm³/mol. The Morgan fingerprint density at radius 3 is 2.64 bits per heavy atom. The molecule has 160 valence electrons. The van der Waals surface area contributed by atoms with E-state index >= 15 is 0 Å². The molecule has 0 saturated carbocycles. The maximum absolute atomic E-state index is 5.98. The van der Waals surface area contributed by atoms with Crippen molar-refractivity contribution in [2.45, 2.75) is 38.5 Å². The minimum Gasteiger partial charge on any atom is -0.465 e. The first-order valence-electron chi connectivity index (χ1n) is 10.0. The van der Waals surface area contributed by atoms with Gasteiger partial charge < -0.3 is 19.4 Å². The Morgan fingerprint density at radius 1 is 1.29 bits per heavy atom. The Labute approximate surface area is 190 Å². The standard InChI is InChI=1S/C20H34N4O2S.HI/c1-5-21-19(24-10-13-27-20(3,4)15-24)22-14-17(18-7-6-16(2)26-18)23-8-11-25-12-9-23;/h6-7,17H,5,8-15H2,1-4H3,(H,21,22);1H. The Hall–Kier alpha value is -0.450. The number of aryl methyl sites for hydroxylation is 1. The predicted octanol–water partition coefficient (Wildman–Crippen LogP) is 3.37. The zero-order chi connectivity index (χ0) is 19.3. The van der Waals surface area contributed by atoms with E-state index in [4.69, 9.17) is 14.1 Å². The van der Waals surface area contributed by atoms with Crippen molar-refractivity contribution in [1.82, 2.24) is 15.1 Å². The number of nitrogens with zero attached hydrogens (tertiary/aromatic N) is 3. The number of guanidine groups is 1. The number of aliphatic imine (C=N–C) groups is 1. The lowest BCUT2D eigenvalue weighted by molar-refractivity contribution is 0.0135. The number of nitrogens with one attached hydrogen (secondary N) is 1. The van der Waals surface area contributed by atoms with Gasteiger partial charge in [0.1, 0.15) is 11.5 Å². The second-order valence-corrected chi connectivity index (χ2v) is 9.64. The van der Waals surface area contributed by atoms with E-state index in [1.54, 1.807) is 0 Å². The van der Waals surface area contributed by atoms with E-state index in [1.165, 1.54) is 0 Å². The molecular weight excluding hydrogens is 487 g/mol. The molecule has 0 bridgehead atoms. The highest BCUT2D eigenvalue weighted by Crippen LogP contribution is 2.30. The van der Waals surface area contributed by atoms with Crippen molar-refractivity contribution in [3.05, 3.63) is 23.7 Å². The summed E-state index contributed by atoms with van der Waals surface area (Å²) in [5, 5.41) is 3.50. The average Bonchev–Trinajstić information content (AvgIpc) is 3.07. The number of rotatable bonds is 5. The lowest BCUT2D eigenvalue weighted by Gasteiger charge is -2.39. The van der Waals surface area contributed by atoms with Crippen LogP contribution in [0.1, 0.15) is 38.3 Å². The molecule has 0 aliphatic carbocycles. The number of hydrogen-bond donors (Lipinski definition) is 1. The summed E-state index contributed by atoms with van der Waals surface area (Å²) in [5.41, 5.74) is 0. The van der Waals surface area contributed by atoms with E-state index in [-0.39, 0.29) is 34.8 Å². The van der Waals surface area contributed by atoms with E-state index in [0.717, 1.165) is 69.2 Å². The van der Waals surface area contributed by atoms with Crippen LogP contribution in [-0.2, 0) is 4.74 Å². The molecule has 1 aromatic heterocycles.